The van der Waals surface area contributed by atoms with E-state index < -0.39 is 11.6 Å². The summed E-state index contributed by atoms with van der Waals surface area (Å²) in [5.74, 6) is -0.432. The number of hydrogen-bond acceptors (Lipinski definition) is 2. The quantitative estimate of drug-likeness (QED) is 0.311. The molecule has 0 aliphatic heterocycles. The van der Waals surface area contributed by atoms with Crippen LogP contribution in [0.25, 0.3) is 0 Å². The van der Waals surface area contributed by atoms with Gasteiger partial charge in [0.25, 0.3) is 0 Å². The van der Waals surface area contributed by atoms with Gasteiger partial charge in [0.2, 0.25) is 0 Å². The second-order valence-corrected chi connectivity index (χ2v) is 6.05. The molecule has 2 aromatic carbocycles. The summed E-state index contributed by atoms with van der Waals surface area (Å²) < 4.78 is 28.8. The molecule has 0 aliphatic rings. The van der Waals surface area contributed by atoms with Crippen molar-refractivity contribution in [1.29, 1.82) is 0 Å². The topological polar surface area (TPSA) is 54.2 Å². The van der Waals surface area contributed by atoms with E-state index in [-0.39, 0.29) is 36.1 Å². The van der Waals surface area contributed by atoms with Crippen molar-refractivity contribution in [3.8, 4) is 0 Å². The van der Waals surface area contributed by atoms with E-state index in [0.717, 1.165) is 17.7 Å². The van der Waals surface area contributed by atoms with Crippen LogP contribution < -0.4 is 10.6 Å². The lowest BCUT2D eigenvalue weighted by Gasteiger charge is -2.11. The summed E-state index contributed by atoms with van der Waals surface area (Å²) in [7, 11) is 1.62. The fourth-order valence-electron chi connectivity index (χ4n) is 2.62. The third-order valence-electron chi connectivity index (χ3n) is 4.01. The zero-order chi connectivity index (χ0) is 19.1. The highest BCUT2D eigenvalue weighted by Gasteiger charge is 2.06. The first-order valence-corrected chi connectivity index (χ1v) is 8.58. The number of hydrogen-bond donors (Lipinski definition) is 2. The molecule has 3 aromatic rings. The van der Waals surface area contributed by atoms with Crippen LogP contribution >= 0.6 is 24.0 Å². The maximum absolute atomic E-state index is 13.7. The number of guanidine groups is 1. The van der Waals surface area contributed by atoms with Gasteiger partial charge >= 0.3 is 0 Å². The first-order valence-electron chi connectivity index (χ1n) is 8.58. The number of rotatable bonds is 6. The summed E-state index contributed by atoms with van der Waals surface area (Å²) in [6.45, 7) is 1.35. The molecular formula is C20H22F2IN5. The van der Waals surface area contributed by atoms with Gasteiger partial charge in [-0.15, -0.1) is 24.0 Å². The monoisotopic (exact) mass is 497 g/mol. The van der Waals surface area contributed by atoms with Crippen LogP contribution in [0.2, 0.25) is 0 Å². The number of benzene rings is 2. The predicted molar refractivity (Wildman–Crippen MR) is 117 cm³/mol. The van der Waals surface area contributed by atoms with Gasteiger partial charge in [0.1, 0.15) is 11.6 Å². The van der Waals surface area contributed by atoms with E-state index in [1.165, 1.54) is 11.6 Å². The Bertz CT molecular complexity index is 912. The first kappa shape index (κ1) is 21.8. The molecule has 1 aromatic heterocycles. The van der Waals surface area contributed by atoms with Crippen molar-refractivity contribution in [2.45, 2.75) is 19.6 Å². The normalized spacial score (nSPS) is 11.0. The maximum atomic E-state index is 13.7. The zero-order valence-electron chi connectivity index (χ0n) is 15.4. The molecule has 0 unspecified atom stereocenters. The Kier molecular flexibility index (Phi) is 8.37. The molecule has 0 saturated carbocycles. The molecule has 2 N–H and O–H groups in total. The van der Waals surface area contributed by atoms with Crippen molar-refractivity contribution in [2.24, 2.45) is 4.99 Å². The van der Waals surface area contributed by atoms with Gasteiger partial charge < -0.3 is 10.6 Å². The Morgan fingerprint density at radius 1 is 1.04 bits per heavy atom. The molecule has 0 atom stereocenters. The summed E-state index contributed by atoms with van der Waals surface area (Å²) in [6, 6.07) is 13.5. The summed E-state index contributed by atoms with van der Waals surface area (Å²) in [4.78, 5) is 4.10. The van der Waals surface area contributed by atoms with E-state index in [1.807, 2.05) is 29.1 Å². The van der Waals surface area contributed by atoms with Crippen LogP contribution in [0.5, 0.6) is 0 Å². The van der Waals surface area contributed by atoms with E-state index in [9.17, 15) is 8.78 Å². The Balaban J connectivity index is 0.00000280. The van der Waals surface area contributed by atoms with Gasteiger partial charge in [0.15, 0.2) is 5.96 Å². The minimum atomic E-state index is -0.470. The maximum Gasteiger partial charge on any atom is 0.191 e. The summed E-state index contributed by atoms with van der Waals surface area (Å²) in [6.07, 6.45) is 3.75. The van der Waals surface area contributed by atoms with Gasteiger partial charge in [-0.1, -0.05) is 30.3 Å². The van der Waals surface area contributed by atoms with E-state index in [0.29, 0.717) is 19.0 Å². The van der Waals surface area contributed by atoms with Gasteiger partial charge in [0, 0.05) is 37.5 Å². The molecule has 0 fully saturated rings. The molecule has 0 radical (unpaired) electrons. The highest BCUT2D eigenvalue weighted by molar-refractivity contribution is 14.0. The van der Waals surface area contributed by atoms with E-state index in [2.05, 4.69) is 32.9 Å². The largest absolute Gasteiger partial charge is 0.352 e. The molecular weight excluding hydrogens is 475 g/mol. The number of nitrogens with one attached hydrogen (secondary N) is 2. The molecule has 0 spiro atoms. The summed E-state index contributed by atoms with van der Waals surface area (Å²) in [5.41, 5.74) is 2.41. The van der Waals surface area contributed by atoms with Gasteiger partial charge in [-0.2, -0.15) is 5.10 Å². The third-order valence-corrected chi connectivity index (χ3v) is 4.01. The number of halogens is 3. The van der Waals surface area contributed by atoms with Crippen molar-refractivity contribution < 1.29 is 8.78 Å². The lowest BCUT2D eigenvalue weighted by molar-refractivity contribution is 0.581. The second-order valence-electron chi connectivity index (χ2n) is 6.05. The highest BCUT2D eigenvalue weighted by Crippen LogP contribution is 2.09. The standard InChI is InChI=1S/C20H21F2N5.HI/c1-23-20(25-12-17-9-18(21)7-8-19(17)22)24-10-16-11-26-27(14-16)13-15-5-3-2-4-6-15;/h2-9,11,14H,10,12-13H2,1H3,(H2,23,24,25);1H. The summed E-state index contributed by atoms with van der Waals surface area (Å²) in [5, 5.41) is 10.5. The second kappa shape index (κ2) is 10.7. The Morgan fingerprint density at radius 3 is 2.54 bits per heavy atom. The zero-order valence-corrected chi connectivity index (χ0v) is 17.7. The van der Waals surface area contributed by atoms with E-state index >= 15 is 0 Å². The average Bonchev–Trinajstić information content (AvgIpc) is 3.12. The lowest BCUT2D eigenvalue weighted by atomic mass is 10.2. The molecule has 0 bridgehead atoms. The minimum Gasteiger partial charge on any atom is -0.352 e. The van der Waals surface area contributed by atoms with Crippen LogP contribution in [0.1, 0.15) is 16.7 Å². The van der Waals surface area contributed by atoms with E-state index in [4.69, 9.17) is 0 Å². The van der Waals surface area contributed by atoms with Gasteiger partial charge in [-0.05, 0) is 23.8 Å². The van der Waals surface area contributed by atoms with E-state index in [1.54, 1.807) is 13.2 Å². The number of aliphatic imine (C=N–C) groups is 1. The highest BCUT2D eigenvalue weighted by atomic mass is 127. The van der Waals surface area contributed by atoms with Crippen LogP contribution in [-0.4, -0.2) is 22.8 Å². The molecule has 5 nitrogen and oxygen atoms in total. The fraction of sp³-hybridized carbons (Fsp3) is 0.200. The summed E-state index contributed by atoms with van der Waals surface area (Å²) >= 11 is 0. The predicted octanol–water partition coefficient (Wildman–Crippen LogP) is 3.69. The minimum absolute atomic E-state index is 0. The molecule has 148 valence electrons. The fourth-order valence-corrected chi connectivity index (χ4v) is 2.62. The van der Waals surface area contributed by atoms with Crippen LogP contribution in [-0.2, 0) is 19.6 Å². The SMILES string of the molecule is CN=C(NCc1cnn(Cc2ccccc2)c1)NCc1cc(F)ccc1F.I. The van der Waals surface area contributed by atoms with Crippen LogP contribution in [0, 0.1) is 11.6 Å². The molecule has 0 amide bonds. The average molecular weight is 497 g/mol. The molecule has 0 saturated heterocycles. The Morgan fingerprint density at radius 2 is 1.79 bits per heavy atom. The number of nitrogens with zero attached hydrogens (tertiary/aromatic N) is 3. The molecule has 8 heteroatoms. The van der Waals surface area contributed by atoms with Crippen molar-refractivity contribution in [3.63, 3.8) is 0 Å². The first-order chi connectivity index (χ1) is 13.1. The molecule has 3 rings (SSSR count). The number of aromatic nitrogens is 2. The van der Waals surface area contributed by atoms with Gasteiger partial charge in [-0.3, -0.25) is 9.67 Å². The smallest absolute Gasteiger partial charge is 0.191 e. The van der Waals surface area contributed by atoms with Crippen LogP contribution in [0.4, 0.5) is 8.78 Å². The Hall–Kier alpha value is -2.49. The van der Waals surface area contributed by atoms with Gasteiger partial charge in [-0.25, -0.2) is 8.78 Å². The van der Waals surface area contributed by atoms with Crippen LogP contribution in [0.15, 0.2) is 65.9 Å². The van der Waals surface area contributed by atoms with Gasteiger partial charge in [0.05, 0.1) is 12.7 Å². The molecule has 28 heavy (non-hydrogen) atoms. The van der Waals surface area contributed by atoms with Crippen molar-refractivity contribution in [1.82, 2.24) is 20.4 Å². The third kappa shape index (κ3) is 6.29. The van der Waals surface area contributed by atoms with Crippen LogP contribution in [0.3, 0.4) is 0 Å². The van der Waals surface area contributed by atoms with Crippen molar-refractivity contribution in [3.05, 3.63) is 89.2 Å². The Labute approximate surface area is 179 Å². The lowest BCUT2D eigenvalue weighted by Crippen LogP contribution is -2.36. The molecule has 1 heterocycles. The van der Waals surface area contributed by atoms with Crippen molar-refractivity contribution >= 4 is 29.9 Å². The molecule has 0 aliphatic carbocycles. The van der Waals surface area contributed by atoms with Crippen molar-refractivity contribution in [2.75, 3.05) is 7.05 Å².